The molecule has 4 bridgehead atoms. The summed E-state index contributed by atoms with van der Waals surface area (Å²) in [4.78, 5) is 21.7. The van der Waals surface area contributed by atoms with Crippen LogP contribution in [0.3, 0.4) is 0 Å². The fraction of sp³-hybridized carbons (Fsp3) is 0.714. The van der Waals surface area contributed by atoms with Crippen LogP contribution >= 0.6 is 12.2 Å². The second kappa shape index (κ2) is 6.37. The number of aromatic nitrogens is 4. The minimum absolute atomic E-state index is 0.0920. The van der Waals surface area contributed by atoms with Gasteiger partial charge in [0, 0.05) is 23.0 Å². The molecule has 0 spiro atoms. The summed E-state index contributed by atoms with van der Waals surface area (Å²) in [6.45, 7) is 6.16. The van der Waals surface area contributed by atoms with E-state index in [9.17, 15) is 4.79 Å². The molecular weight excluding hydrogens is 370 g/mol. The number of carbonyl (C=O) groups excluding carboxylic acids is 1. The molecule has 0 aliphatic heterocycles. The fourth-order valence-electron chi connectivity index (χ4n) is 6.80. The van der Waals surface area contributed by atoms with Crippen LogP contribution in [-0.2, 0) is 11.2 Å². The molecule has 2 aromatic rings. The summed E-state index contributed by atoms with van der Waals surface area (Å²) >= 11 is 5.12. The SMILES string of the molecule is Cc1nc2nc(=S)[nH]n2c(C)c1CC(=O)N[C@H](C)C12CC3CC(CC(C3)C1)C2. The van der Waals surface area contributed by atoms with Gasteiger partial charge in [0.25, 0.3) is 5.78 Å². The lowest BCUT2D eigenvalue weighted by Gasteiger charge is -2.59. The zero-order valence-electron chi connectivity index (χ0n) is 16.9. The summed E-state index contributed by atoms with van der Waals surface area (Å²) in [6.07, 6.45) is 8.53. The molecule has 4 aliphatic rings. The first-order valence-electron chi connectivity index (χ1n) is 10.6. The first-order valence-corrected chi connectivity index (χ1v) is 11.0. The van der Waals surface area contributed by atoms with Crippen molar-refractivity contribution in [1.29, 1.82) is 0 Å². The Labute approximate surface area is 170 Å². The summed E-state index contributed by atoms with van der Waals surface area (Å²) < 4.78 is 2.19. The summed E-state index contributed by atoms with van der Waals surface area (Å²) in [6, 6.07) is 0.241. The Bertz CT molecular complexity index is 971. The van der Waals surface area contributed by atoms with Crippen molar-refractivity contribution in [2.45, 2.75) is 71.8 Å². The van der Waals surface area contributed by atoms with Gasteiger partial charge in [0.05, 0.1) is 6.42 Å². The second-order valence-corrected chi connectivity index (χ2v) is 10.1. The maximum Gasteiger partial charge on any atom is 0.252 e. The molecule has 2 aromatic heterocycles. The molecule has 7 heteroatoms. The van der Waals surface area contributed by atoms with E-state index in [1.54, 1.807) is 4.52 Å². The van der Waals surface area contributed by atoms with Gasteiger partial charge < -0.3 is 5.32 Å². The van der Waals surface area contributed by atoms with Crippen molar-refractivity contribution >= 4 is 23.9 Å². The van der Waals surface area contributed by atoms with Gasteiger partial charge in [-0.25, -0.2) is 9.50 Å². The maximum absolute atomic E-state index is 13.0. The van der Waals surface area contributed by atoms with Gasteiger partial charge in [-0.15, -0.1) is 0 Å². The van der Waals surface area contributed by atoms with Crippen LogP contribution in [0.1, 0.15) is 62.4 Å². The monoisotopic (exact) mass is 399 g/mol. The van der Waals surface area contributed by atoms with E-state index in [1.807, 2.05) is 13.8 Å². The molecule has 6 nitrogen and oxygen atoms in total. The molecule has 2 heterocycles. The van der Waals surface area contributed by atoms with E-state index in [0.29, 0.717) is 22.4 Å². The molecule has 0 aromatic carbocycles. The van der Waals surface area contributed by atoms with Gasteiger partial charge in [0.2, 0.25) is 10.7 Å². The normalized spacial score (nSPS) is 32.0. The van der Waals surface area contributed by atoms with E-state index < -0.39 is 0 Å². The number of fused-ring (bicyclic) bond motifs is 1. The van der Waals surface area contributed by atoms with Crippen molar-refractivity contribution in [1.82, 2.24) is 24.9 Å². The quantitative estimate of drug-likeness (QED) is 0.769. The standard InChI is InChI=1S/C21H29N5OS/c1-11-17(12(2)26-19(22-11)24-20(28)25-26)7-18(27)23-13(3)21-8-14-4-15(9-21)6-16(5-14)10-21/h13-16H,4-10H2,1-3H3,(H,23,27)(H,25,28)/t13-,14?,15?,16?,21?/m1/s1. The van der Waals surface area contributed by atoms with Crippen molar-refractivity contribution in [3.63, 3.8) is 0 Å². The van der Waals surface area contributed by atoms with E-state index in [1.165, 1.54) is 38.5 Å². The number of hydrogen-bond donors (Lipinski definition) is 2. The number of nitrogens with one attached hydrogen (secondary N) is 2. The van der Waals surface area contributed by atoms with Gasteiger partial charge in [-0.3, -0.25) is 9.89 Å². The molecule has 1 amide bonds. The van der Waals surface area contributed by atoms with Crippen LogP contribution in [0.5, 0.6) is 0 Å². The Hall–Kier alpha value is -1.76. The zero-order valence-corrected chi connectivity index (χ0v) is 17.7. The van der Waals surface area contributed by atoms with E-state index in [0.717, 1.165) is 34.7 Å². The zero-order chi connectivity index (χ0) is 19.6. The smallest absolute Gasteiger partial charge is 0.252 e. The number of aromatic amines is 1. The van der Waals surface area contributed by atoms with Crippen LogP contribution in [0.25, 0.3) is 5.78 Å². The third-order valence-corrected chi connectivity index (χ3v) is 7.99. The minimum atomic E-state index is 0.0920. The molecule has 1 atom stereocenters. The summed E-state index contributed by atoms with van der Waals surface area (Å²) in [5.74, 6) is 3.34. The van der Waals surface area contributed by atoms with Crippen LogP contribution in [0.2, 0.25) is 0 Å². The van der Waals surface area contributed by atoms with Crippen LogP contribution in [0.4, 0.5) is 0 Å². The molecule has 28 heavy (non-hydrogen) atoms. The van der Waals surface area contributed by atoms with Gasteiger partial charge in [0.15, 0.2) is 0 Å². The number of amides is 1. The maximum atomic E-state index is 13.0. The number of rotatable bonds is 4. The van der Waals surface area contributed by atoms with Gasteiger partial charge in [-0.2, -0.15) is 4.98 Å². The van der Waals surface area contributed by atoms with E-state index >= 15 is 0 Å². The van der Waals surface area contributed by atoms with E-state index in [-0.39, 0.29) is 11.9 Å². The molecule has 2 N–H and O–H groups in total. The van der Waals surface area contributed by atoms with Crippen molar-refractivity contribution in [3.8, 4) is 0 Å². The molecule has 0 unspecified atom stereocenters. The lowest BCUT2D eigenvalue weighted by molar-refractivity contribution is -0.125. The summed E-state index contributed by atoms with van der Waals surface area (Å²) in [5.41, 5.74) is 3.07. The van der Waals surface area contributed by atoms with Gasteiger partial charge in [-0.1, -0.05) is 0 Å². The predicted octanol–water partition coefficient (Wildman–Crippen LogP) is 3.67. The average molecular weight is 400 g/mol. The molecular formula is C21H29N5OS. The van der Waals surface area contributed by atoms with E-state index in [4.69, 9.17) is 12.2 Å². The lowest BCUT2D eigenvalue weighted by Crippen LogP contribution is -2.56. The Balaban J connectivity index is 1.34. The molecule has 4 fully saturated rings. The van der Waals surface area contributed by atoms with E-state index in [2.05, 4.69) is 27.3 Å². The number of hydrogen-bond acceptors (Lipinski definition) is 4. The van der Waals surface area contributed by atoms with Gasteiger partial charge in [-0.05, 0) is 94.7 Å². The largest absolute Gasteiger partial charge is 0.353 e. The van der Waals surface area contributed by atoms with Crippen molar-refractivity contribution in [2.24, 2.45) is 23.2 Å². The highest BCUT2D eigenvalue weighted by atomic mass is 32.1. The number of nitrogens with zero attached hydrogens (tertiary/aromatic N) is 3. The van der Waals surface area contributed by atoms with Crippen molar-refractivity contribution < 1.29 is 4.79 Å². The first kappa shape index (κ1) is 18.3. The van der Waals surface area contributed by atoms with Crippen LogP contribution in [-0.4, -0.2) is 31.5 Å². The second-order valence-electron chi connectivity index (χ2n) is 9.67. The van der Waals surface area contributed by atoms with Crippen LogP contribution in [0, 0.1) is 41.8 Å². The Kier molecular flexibility index (Phi) is 4.16. The average Bonchev–Trinajstić information content (AvgIpc) is 2.98. The Morgan fingerprint density at radius 3 is 2.43 bits per heavy atom. The lowest BCUT2D eigenvalue weighted by atomic mass is 9.48. The highest BCUT2D eigenvalue weighted by molar-refractivity contribution is 7.71. The summed E-state index contributed by atoms with van der Waals surface area (Å²) in [7, 11) is 0. The van der Waals surface area contributed by atoms with Crippen molar-refractivity contribution in [2.75, 3.05) is 0 Å². The van der Waals surface area contributed by atoms with Crippen LogP contribution < -0.4 is 5.32 Å². The minimum Gasteiger partial charge on any atom is -0.353 e. The molecule has 0 radical (unpaired) electrons. The summed E-state index contributed by atoms with van der Waals surface area (Å²) in [5, 5.41) is 6.39. The number of H-pyrrole nitrogens is 1. The predicted molar refractivity (Wildman–Crippen MR) is 110 cm³/mol. The molecule has 4 saturated carbocycles. The molecule has 0 saturated heterocycles. The fourth-order valence-corrected chi connectivity index (χ4v) is 6.98. The molecule has 150 valence electrons. The first-order chi connectivity index (χ1) is 13.3. The number of carbonyl (C=O) groups is 1. The molecule has 6 rings (SSSR count). The highest BCUT2D eigenvalue weighted by Gasteiger charge is 2.53. The Morgan fingerprint density at radius 2 is 1.82 bits per heavy atom. The third kappa shape index (κ3) is 2.90. The third-order valence-electron chi connectivity index (χ3n) is 7.80. The molecule has 4 aliphatic carbocycles. The Morgan fingerprint density at radius 1 is 1.21 bits per heavy atom. The van der Waals surface area contributed by atoms with Gasteiger partial charge >= 0.3 is 0 Å². The van der Waals surface area contributed by atoms with Crippen LogP contribution in [0.15, 0.2) is 0 Å². The highest BCUT2D eigenvalue weighted by Crippen LogP contribution is 2.61. The van der Waals surface area contributed by atoms with Gasteiger partial charge in [0.1, 0.15) is 0 Å². The topological polar surface area (TPSA) is 75.1 Å². The van der Waals surface area contributed by atoms with Crippen molar-refractivity contribution in [3.05, 3.63) is 21.7 Å². The number of aryl methyl sites for hydroxylation is 2.